The molecule has 1 atom stereocenters. The number of allylic oxidation sites excluding steroid dienone is 1. The number of amides is 1. The number of esters is 1. The fourth-order valence-electron chi connectivity index (χ4n) is 4.27. The smallest absolute Gasteiger partial charge is 0.338 e. The zero-order valence-electron chi connectivity index (χ0n) is 19.9. The van der Waals surface area contributed by atoms with Gasteiger partial charge in [-0.15, -0.1) is 0 Å². The number of fused-ring (bicyclic) bond motifs is 1. The number of nitrogens with zero attached hydrogens (tertiary/aromatic N) is 2. The van der Waals surface area contributed by atoms with Crippen LogP contribution in [0, 0.1) is 0 Å². The van der Waals surface area contributed by atoms with E-state index in [1.165, 1.54) is 0 Å². The molecule has 0 aromatic heterocycles. The predicted octanol–water partition coefficient (Wildman–Crippen LogP) is 5.33. The Kier molecular flexibility index (Phi) is 7.73. The Morgan fingerprint density at radius 1 is 1.18 bits per heavy atom. The van der Waals surface area contributed by atoms with Crippen LogP contribution in [0.15, 0.2) is 70.9 Å². The Morgan fingerprint density at radius 3 is 2.74 bits per heavy atom. The highest BCUT2D eigenvalue weighted by atomic mass is 32.2. The van der Waals surface area contributed by atoms with E-state index in [2.05, 4.69) is 10.2 Å². The molecule has 2 aliphatic heterocycles. The van der Waals surface area contributed by atoms with Gasteiger partial charge in [0.1, 0.15) is 0 Å². The average molecular weight is 478 g/mol. The van der Waals surface area contributed by atoms with Gasteiger partial charge in [0.25, 0.3) is 0 Å². The topological polar surface area (TPSA) is 71.0 Å². The SMILES string of the molecule is CC1=C(C(=O)OC(C)C)C(c2cccc(NC(=O)CCc3ccccc3)c2)N2CCCSC2=N1. The lowest BCUT2D eigenvalue weighted by atomic mass is 9.94. The first kappa shape index (κ1) is 24.1. The molecule has 34 heavy (non-hydrogen) atoms. The first-order valence-electron chi connectivity index (χ1n) is 11.8. The number of nitrogens with one attached hydrogen (secondary N) is 1. The molecular formula is C27H31N3O3S. The van der Waals surface area contributed by atoms with Crippen molar-refractivity contribution in [3.05, 3.63) is 77.0 Å². The number of aliphatic imine (C=N–C) groups is 1. The molecule has 2 aromatic carbocycles. The molecule has 0 aliphatic carbocycles. The van der Waals surface area contributed by atoms with E-state index in [1.807, 2.05) is 75.4 Å². The van der Waals surface area contributed by atoms with Crippen LogP contribution in [0.5, 0.6) is 0 Å². The minimum atomic E-state index is -0.340. The number of amidine groups is 1. The summed E-state index contributed by atoms with van der Waals surface area (Å²) in [6, 6.07) is 17.5. The molecule has 0 bridgehead atoms. The molecule has 0 radical (unpaired) electrons. The van der Waals surface area contributed by atoms with Gasteiger partial charge in [-0.1, -0.05) is 54.2 Å². The van der Waals surface area contributed by atoms with Crippen LogP contribution in [-0.2, 0) is 20.7 Å². The molecule has 1 saturated heterocycles. The molecule has 4 rings (SSSR count). The van der Waals surface area contributed by atoms with Crippen molar-refractivity contribution in [2.24, 2.45) is 4.99 Å². The average Bonchev–Trinajstić information content (AvgIpc) is 2.82. The minimum Gasteiger partial charge on any atom is -0.459 e. The number of rotatable bonds is 7. The van der Waals surface area contributed by atoms with Gasteiger partial charge in [-0.05, 0) is 56.9 Å². The quantitative estimate of drug-likeness (QED) is 0.546. The third-order valence-corrected chi connectivity index (χ3v) is 6.87. The Labute approximate surface area is 205 Å². The highest BCUT2D eigenvalue weighted by Crippen LogP contribution is 2.40. The van der Waals surface area contributed by atoms with Crippen molar-refractivity contribution in [2.75, 3.05) is 17.6 Å². The molecule has 0 spiro atoms. The van der Waals surface area contributed by atoms with Crippen molar-refractivity contribution in [1.29, 1.82) is 0 Å². The van der Waals surface area contributed by atoms with Crippen molar-refractivity contribution >= 4 is 34.5 Å². The fourth-order valence-corrected chi connectivity index (χ4v) is 5.29. The van der Waals surface area contributed by atoms with Gasteiger partial charge < -0.3 is 15.0 Å². The summed E-state index contributed by atoms with van der Waals surface area (Å²) in [7, 11) is 0. The predicted molar refractivity (Wildman–Crippen MR) is 138 cm³/mol. The summed E-state index contributed by atoms with van der Waals surface area (Å²) < 4.78 is 5.59. The lowest BCUT2D eigenvalue weighted by molar-refractivity contribution is -0.143. The number of hydrogen-bond acceptors (Lipinski definition) is 6. The highest BCUT2D eigenvalue weighted by molar-refractivity contribution is 8.13. The number of ether oxygens (including phenoxy) is 1. The van der Waals surface area contributed by atoms with Crippen LogP contribution in [0.1, 0.15) is 50.8 Å². The normalized spacial score (nSPS) is 17.8. The maximum atomic E-state index is 13.1. The van der Waals surface area contributed by atoms with E-state index in [-0.39, 0.29) is 24.0 Å². The van der Waals surface area contributed by atoms with E-state index >= 15 is 0 Å². The Bertz CT molecular complexity index is 1110. The van der Waals surface area contributed by atoms with Crippen LogP contribution >= 0.6 is 11.8 Å². The van der Waals surface area contributed by atoms with Crippen molar-refractivity contribution < 1.29 is 14.3 Å². The number of carbonyl (C=O) groups is 2. The summed E-state index contributed by atoms with van der Waals surface area (Å²) >= 11 is 1.72. The van der Waals surface area contributed by atoms with Crippen LogP contribution in [0.4, 0.5) is 5.69 Å². The van der Waals surface area contributed by atoms with Gasteiger partial charge in [0.15, 0.2) is 5.17 Å². The van der Waals surface area contributed by atoms with E-state index < -0.39 is 0 Å². The summed E-state index contributed by atoms with van der Waals surface area (Å²) in [6.07, 6.45) is 1.89. The third kappa shape index (κ3) is 5.70. The lowest BCUT2D eigenvalue weighted by Gasteiger charge is -2.40. The van der Waals surface area contributed by atoms with Crippen LogP contribution in [0.25, 0.3) is 0 Å². The van der Waals surface area contributed by atoms with E-state index in [1.54, 1.807) is 11.8 Å². The first-order chi connectivity index (χ1) is 16.4. The number of benzene rings is 2. The van der Waals surface area contributed by atoms with Gasteiger partial charge in [0.05, 0.1) is 23.4 Å². The second kappa shape index (κ2) is 10.9. The second-order valence-electron chi connectivity index (χ2n) is 8.80. The minimum absolute atomic E-state index is 0.0356. The van der Waals surface area contributed by atoms with E-state index in [4.69, 9.17) is 9.73 Å². The maximum absolute atomic E-state index is 13.1. The molecule has 1 amide bonds. The maximum Gasteiger partial charge on any atom is 0.338 e. The van der Waals surface area contributed by atoms with Crippen LogP contribution in [-0.4, -0.2) is 40.3 Å². The third-order valence-electron chi connectivity index (χ3n) is 5.79. The van der Waals surface area contributed by atoms with Crippen LogP contribution < -0.4 is 5.32 Å². The summed E-state index contributed by atoms with van der Waals surface area (Å²) in [4.78, 5) is 32.6. The molecule has 1 unspecified atom stereocenters. The number of carbonyl (C=O) groups excluding carboxylic acids is 2. The molecule has 1 N–H and O–H groups in total. The second-order valence-corrected chi connectivity index (χ2v) is 9.87. The lowest BCUT2D eigenvalue weighted by Crippen LogP contribution is -2.42. The molecule has 6 nitrogen and oxygen atoms in total. The van der Waals surface area contributed by atoms with Crippen molar-refractivity contribution in [2.45, 2.75) is 52.2 Å². The molecule has 2 aliphatic rings. The summed E-state index contributed by atoms with van der Waals surface area (Å²) in [5.41, 5.74) is 4.04. The number of aryl methyl sites for hydroxylation is 1. The number of hydrogen-bond donors (Lipinski definition) is 1. The zero-order chi connectivity index (χ0) is 24.1. The Hall–Kier alpha value is -3.06. The van der Waals surface area contributed by atoms with E-state index in [0.29, 0.717) is 24.1 Å². The molecule has 0 saturated carbocycles. The summed E-state index contributed by atoms with van der Waals surface area (Å²) in [5, 5.41) is 3.96. The van der Waals surface area contributed by atoms with Crippen molar-refractivity contribution in [3.8, 4) is 0 Å². The molecule has 2 aromatic rings. The monoisotopic (exact) mass is 477 g/mol. The van der Waals surface area contributed by atoms with Gasteiger partial charge in [0.2, 0.25) is 5.91 Å². The summed E-state index contributed by atoms with van der Waals surface area (Å²) in [5.74, 6) is 0.637. The fraction of sp³-hybridized carbons (Fsp3) is 0.370. The molecular weight excluding hydrogens is 446 g/mol. The van der Waals surface area contributed by atoms with Gasteiger partial charge >= 0.3 is 5.97 Å². The Morgan fingerprint density at radius 2 is 1.97 bits per heavy atom. The van der Waals surface area contributed by atoms with Crippen LogP contribution in [0.2, 0.25) is 0 Å². The van der Waals surface area contributed by atoms with E-state index in [9.17, 15) is 9.59 Å². The largest absolute Gasteiger partial charge is 0.459 e. The van der Waals surface area contributed by atoms with Crippen molar-refractivity contribution in [3.63, 3.8) is 0 Å². The molecule has 178 valence electrons. The molecule has 7 heteroatoms. The molecule has 1 fully saturated rings. The Balaban J connectivity index is 1.57. The van der Waals surface area contributed by atoms with E-state index in [0.717, 1.165) is 40.7 Å². The van der Waals surface area contributed by atoms with Gasteiger partial charge in [0, 0.05) is 24.4 Å². The van der Waals surface area contributed by atoms with Crippen LogP contribution in [0.3, 0.4) is 0 Å². The molecule has 2 heterocycles. The number of thioether (sulfide) groups is 1. The van der Waals surface area contributed by atoms with Gasteiger partial charge in [-0.2, -0.15) is 0 Å². The highest BCUT2D eigenvalue weighted by Gasteiger charge is 2.38. The summed E-state index contributed by atoms with van der Waals surface area (Å²) in [6.45, 7) is 6.39. The zero-order valence-corrected chi connectivity index (χ0v) is 20.7. The standard InChI is InChI=1S/C27H31N3O3S/c1-18(2)33-26(32)24-19(3)28-27-30(15-8-16-34-27)25(24)21-11-7-12-22(17-21)29-23(31)14-13-20-9-5-4-6-10-20/h4-7,9-12,17-18,25H,8,13-16H2,1-3H3,(H,29,31). The first-order valence-corrected chi connectivity index (χ1v) is 12.7. The van der Waals surface area contributed by atoms with Crippen molar-refractivity contribution in [1.82, 2.24) is 4.90 Å². The van der Waals surface area contributed by atoms with Gasteiger partial charge in [-0.3, -0.25) is 4.79 Å². The van der Waals surface area contributed by atoms with Gasteiger partial charge in [-0.25, -0.2) is 9.79 Å². The number of anilines is 1.